The van der Waals surface area contributed by atoms with Crippen molar-refractivity contribution >= 4 is 17.5 Å². The number of fused-ring (bicyclic) bond motifs is 1. The van der Waals surface area contributed by atoms with Crippen LogP contribution in [0, 0.1) is 30.6 Å². The molecule has 0 radical (unpaired) electrons. The molecule has 1 fully saturated rings. The van der Waals surface area contributed by atoms with E-state index in [0.29, 0.717) is 11.5 Å². The van der Waals surface area contributed by atoms with Crippen molar-refractivity contribution in [1.29, 1.82) is 0 Å². The van der Waals surface area contributed by atoms with Gasteiger partial charge in [-0.1, -0.05) is 35.0 Å². The number of hydrogen-bond acceptors (Lipinski definition) is 4. The molecule has 0 spiro atoms. The second-order valence-corrected chi connectivity index (χ2v) is 7.29. The summed E-state index contributed by atoms with van der Waals surface area (Å²) in [5.74, 6) is 0.288. The Labute approximate surface area is 147 Å². The van der Waals surface area contributed by atoms with E-state index in [-0.39, 0.29) is 23.5 Å². The van der Waals surface area contributed by atoms with Crippen LogP contribution in [-0.2, 0) is 9.63 Å². The lowest BCUT2D eigenvalue weighted by Gasteiger charge is -2.46. The maximum absolute atomic E-state index is 12.5. The molecule has 0 saturated heterocycles. The fourth-order valence-electron chi connectivity index (χ4n) is 4.37. The van der Waals surface area contributed by atoms with Gasteiger partial charge >= 0.3 is 5.97 Å². The van der Waals surface area contributed by atoms with E-state index in [1.54, 1.807) is 18.2 Å². The fraction of sp³-hybridized carbons (Fsp3) is 0.381. The predicted octanol–water partition coefficient (Wildman–Crippen LogP) is 3.87. The lowest BCUT2D eigenvalue weighted by atomic mass is 9.57. The van der Waals surface area contributed by atoms with Gasteiger partial charge in [-0.3, -0.25) is 4.79 Å². The molecule has 1 aromatic carbocycles. The Kier molecular flexibility index (Phi) is 3.91. The van der Waals surface area contributed by atoms with Crippen molar-refractivity contribution in [1.82, 2.24) is 0 Å². The first-order valence-electron chi connectivity index (χ1n) is 8.81. The number of hydrogen-bond donors (Lipinski definition) is 0. The van der Waals surface area contributed by atoms with E-state index < -0.39 is 5.97 Å². The normalized spacial score (nSPS) is 31.7. The van der Waals surface area contributed by atoms with E-state index in [1.165, 1.54) is 0 Å². The van der Waals surface area contributed by atoms with Gasteiger partial charge in [-0.05, 0) is 62.3 Å². The smallest absolute Gasteiger partial charge is 0.313 e. The Morgan fingerprint density at radius 1 is 1.04 bits per heavy atom. The number of aryl methyl sites for hydroxylation is 1. The van der Waals surface area contributed by atoms with Crippen LogP contribution >= 0.6 is 0 Å². The summed E-state index contributed by atoms with van der Waals surface area (Å²) >= 11 is 0. The first-order valence-corrected chi connectivity index (χ1v) is 8.81. The Balaban J connectivity index is 1.62. The van der Waals surface area contributed by atoms with E-state index in [2.05, 4.69) is 17.3 Å². The molecule has 4 aliphatic rings. The molecule has 128 valence electrons. The molecule has 25 heavy (non-hydrogen) atoms. The van der Waals surface area contributed by atoms with Gasteiger partial charge in [0.25, 0.3) is 0 Å². The van der Waals surface area contributed by atoms with E-state index in [0.717, 1.165) is 29.7 Å². The number of carbonyl (C=O) groups excluding carboxylic acids is 2. The lowest BCUT2D eigenvalue weighted by molar-refractivity contribution is -0.122. The van der Waals surface area contributed by atoms with Crippen molar-refractivity contribution in [3.63, 3.8) is 0 Å². The number of oxime groups is 1. The molecular formula is C21H21NO3. The lowest BCUT2D eigenvalue weighted by Crippen LogP contribution is -2.47. The summed E-state index contributed by atoms with van der Waals surface area (Å²) in [5, 5.41) is 4.21. The fourth-order valence-corrected chi connectivity index (χ4v) is 4.37. The molecule has 0 aliphatic heterocycles. The van der Waals surface area contributed by atoms with E-state index in [9.17, 15) is 9.59 Å². The molecular weight excluding hydrogens is 314 g/mol. The van der Waals surface area contributed by atoms with Gasteiger partial charge in [0.15, 0.2) is 5.78 Å². The minimum absolute atomic E-state index is 0.0343. The Morgan fingerprint density at radius 3 is 2.32 bits per heavy atom. The molecule has 2 bridgehead atoms. The van der Waals surface area contributed by atoms with Crippen molar-refractivity contribution in [3.8, 4) is 0 Å². The molecule has 5 rings (SSSR count). The van der Waals surface area contributed by atoms with Crippen molar-refractivity contribution in [2.75, 3.05) is 0 Å². The number of rotatable bonds is 2. The molecule has 4 atom stereocenters. The number of ketones is 1. The highest BCUT2D eigenvalue weighted by atomic mass is 16.7. The van der Waals surface area contributed by atoms with Gasteiger partial charge in [0.05, 0.1) is 11.3 Å². The third-order valence-electron chi connectivity index (χ3n) is 5.67. The summed E-state index contributed by atoms with van der Waals surface area (Å²) in [4.78, 5) is 30.0. The number of carbonyl (C=O) groups is 2. The Morgan fingerprint density at radius 2 is 1.68 bits per heavy atom. The summed E-state index contributed by atoms with van der Waals surface area (Å²) < 4.78 is 0. The van der Waals surface area contributed by atoms with Gasteiger partial charge in [-0.15, -0.1) is 0 Å². The zero-order valence-corrected chi connectivity index (χ0v) is 14.4. The van der Waals surface area contributed by atoms with Crippen molar-refractivity contribution < 1.29 is 14.4 Å². The molecule has 1 aromatic rings. The zero-order valence-electron chi connectivity index (χ0n) is 14.4. The SMILES string of the molecule is CC1=CC(=O)[C@@H]2[C@@H](/C1=N/OC(=O)c1ccc(C)cc1)[C@@H]1C=C[C@H]2CC1. The van der Waals surface area contributed by atoms with Crippen LogP contribution in [0.1, 0.15) is 35.7 Å². The number of allylic oxidation sites excluding steroid dienone is 4. The van der Waals surface area contributed by atoms with Crippen LogP contribution in [0.15, 0.2) is 53.2 Å². The first kappa shape index (κ1) is 16.0. The molecule has 0 amide bonds. The highest BCUT2D eigenvalue weighted by Gasteiger charge is 2.48. The predicted molar refractivity (Wildman–Crippen MR) is 95.1 cm³/mol. The quantitative estimate of drug-likeness (QED) is 0.468. The van der Waals surface area contributed by atoms with Gasteiger partial charge in [0.2, 0.25) is 0 Å². The van der Waals surface area contributed by atoms with Crippen LogP contribution in [0.2, 0.25) is 0 Å². The highest BCUT2D eigenvalue weighted by molar-refractivity contribution is 6.13. The average molecular weight is 335 g/mol. The third kappa shape index (κ3) is 2.76. The zero-order chi connectivity index (χ0) is 17.6. The van der Waals surface area contributed by atoms with E-state index in [4.69, 9.17) is 4.84 Å². The van der Waals surface area contributed by atoms with Crippen LogP contribution in [-0.4, -0.2) is 17.5 Å². The Hall–Kier alpha value is -2.49. The topological polar surface area (TPSA) is 55.7 Å². The van der Waals surface area contributed by atoms with E-state index >= 15 is 0 Å². The van der Waals surface area contributed by atoms with Crippen molar-refractivity contribution in [3.05, 3.63) is 59.2 Å². The third-order valence-corrected chi connectivity index (χ3v) is 5.67. The molecule has 0 aromatic heterocycles. The van der Waals surface area contributed by atoms with Crippen LogP contribution in [0.3, 0.4) is 0 Å². The minimum atomic E-state index is -0.467. The summed E-state index contributed by atoms with van der Waals surface area (Å²) in [7, 11) is 0. The van der Waals surface area contributed by atoms with Gasteiger partial charge in [-0.25, -0.2) is 4.79 Å². The number of benzene rings is 1. The molecule has 4 heteroatoms. The van der Waals surface area contributed by atoms with Gasteiger partial charge in [-0.2, -0.15) is 0 Å². The van der Waals surface area contributed by atoms with E-state index in [1.807, 2.05) is 26.0 Å². The van der Waals surface area contributed by atoms with Gasteiger partial charge in [0.1, 0.15) is 0 Å². The summed E-state index contributed by atoms with van der Waals surface area (Å²) in [6.07, 6.45) is 8.16. The second kappa shape index (κ2) is 6.10. The van der Waals surface area contributed by atoms with Crippen LogP contribution in [0.5, 0.6) is 0 Å². The molecule has 4 nitrogen and oxygen atoms in total. The van der Waals surface area contributed by atoms with Crippen LogP contribution in [0.4, 0.5) is 0 Å². The maximum atomic E-state index is 12.5. The highest BCUT2D eigenvalue weighted by Crippen LogP contribution is 2.48. The molecule has 0 N–H and O–H groups in total. The monoisotopic (exact) mass is 335 g/mol. The van der Waals surface area contributed by atoms with Crippen molar-refractivity contribution in [2.24, 2.45) is 28.8 Å². The minimum Gasteiger partial charge on any atom is -0.313 e. The van der Waals surface area contributed by atoms with Crippen molar-refractivity contribution in [2.45, 2.75) is 26.7 Å². The van der Waals surface area contributed by atoms with Crippen LogP contribution < -0.4 is 0 Å². The maximum Gasteiger partial charge on any atom is 0.365 e. The summed E-state index contributed by atoms with van der Waals surface area (Å²) in [5.41, 5.74) is 3.12. The molecule has 1 saturated carbocycles. The molecule has 0 unspecified atom stereocenters. The standard InChI is InChI=1S/C21H21NO3/c1-12-3-5-16(6-4-12)21(24)25-22-20-13(2)11-17(23)18-14-7-9-15(10-8-14)19(18)20/h3-7,9,11,14-15,18-19H,8,10H2,1-2H3/b22-20+/t14-,15+,18+,19-/m0/s1. The molecule has 0 heterocycles. The van der Waals surface area contributed by atoms with Gasteiger partial charge in [0, 0.05) is 11.8 Å². The average Bonchev–Trinajstić information content (AvgIpc) is 2.62. The largest absolute Gasteiger partial charge is 0.365 e. The van der Waals surface area contributed by atoms with Gasteiger partial charge < -0.3 is 4.84 Å². The first-order chi connectivity index (χ1) is 12.0. The Bertz CT molecular complexity index is 816. The van der Waals surface area contributed by atoms with Crippen LogP contribution in [0.25, 0.3) is 0 Å². The number of nitrogens with zero attached hydrogens (tertiary/aromatic N) is 1. The summed E-state index contributed by atoms with van der Waals surface area (Å²) in [6, 6.07) is 7.21. The molecule has 4 aliphatic carbocycles. The second-order valence-electron chi connectivity index (χ2n) is 7.29. The summed E-state index contributed by atoms with van der Waals surface area (Å²) in [6.45, 7) is 3.84.